The Labute approximate surface area is 148 Å². The van der Waals surface area contributed by atoms with Gasteiger partial charge >= 0.3 is 0 Å². The highest BCUT2D eigenvalue weighted by Crippen LogP contribution is 2.22. The average molecular weight is 380 g/mol. The van der Waals surface area contributed by atoms with Gasteiger partial charge < -0.3 is 10.6 Å². The van der Waals surface area contributed by atoms with Crippen LogP contribution in [0.3, 0.4) is 0 Å². The zero-order valence-corrected chi connectivity index (χ0v) is 14.5. The van der Waals surface area contributed by atoms with Gasteiger partial charge in [0.25, 0.3) is 0 Å². The van der Waals surface area contributed by atoms with Crippen LogP contribution in [0.4, 0.5) is 23.1 Å². The van der Waals surface area contributed by atoms with E-state index in [1.54, 1.807) is 24.4 Å². The van der Waals surface area contributed by atoms with Crippen molar-refractivity contribution in [1.82, 2.24) is 9.97 Å². The van der Waals surface area contributed by atoms with Crippen molar-refractivity contribution < 1.29 is 0 Å². The third-order valence-corrected chi connectivity index (χ3v) is 4.25. The molecule has 1 heterocycles. The lowest BCUT2D eigenvalue weighted by molar-refractivity contribution is 1.16. The molecule has 3 rings (SSSR count). The fourth-order valence-electron chi connectivity index (χ4n) is 2.12. The molecule has 0 unspecified atom stereocenters. The van der Waals surface area contributed by atoms with E-state index in [0.29, 0.717) is 17.3 Å². The normalized spacial score (nSPS) is 10.0. The number of nitrogens with one attached hydrogen (secondary N) is 2. The van der Waals surface area contributed by atoms with Crippen LogP contribution in [-0.2, 0) is 0 Å². The molecule has 0 fully saturated rings. The molecular weight excluding hydrogens is 366 g/mol. The molecule has 2 aromatic carbocycles. The molecule has 6 heteroatoms. The lowest BCUT2D eigenvalue weighted by Crippen LogP contribution is -2.00. The maximum atomic E-state index is 8.83. The van der Waals surface area contributed by atoms with Crippen molar-refractivity contribution in [1.29, 1.82) is 5.26 Å². The number of anilines is 4. The van der Waals surface area contributed by atoms with E-state index >= 15 is 0 Å². The Morgan fingerprint density at radius 2 is 1.75 bits per heavy atom. The van der Waals surface area contributed by atoms with Gasteiger partial charge in [-0.2, -0.15) is 10.2 Å². The summed E-state index contributed by atoms with van der Waals surface area (Å²) in [6, 6.07) is 17.0. The predicted molar refractivity (Wildman–Crippen MR) is 98.6 cm³/mol. The monoisotopic (exact) mass is 379 g/mol. The number of nitrogens with zero attached hydrogens (tertiary/aromatic N) is 3. The highest BCUT2D eigenvalue weighted by atomic mass is 79.9. The van der Waals surface area contributed by atoms with Crippen molar-refractivity contribution in [3.8, 4) is 6.07 Å². The van der Waals surface area contributed by atoms with Crippen LogP contribution in [0.5, 0.6) is 0 Å². The molecule has 0 bridgehead atoms. The van der Waals surface area contributed by atoms with Crippen molar-refractivity contribution in [2.24, 2.45) is 0 Å². The summed E-state index contributed by atoms with van der Waals surface area (Å²) in [6.07, 6.45) is 1.69. The van der Waals surface area contributed by atoms with Crippen LogP contribution < -0.4 is 10.6 Å². The largest absolute Gasteiger partial charge is 0.340 e. The summed E-state index contributed by atoms with van der Waals surface area (Å²) in [7, 11) is 0. The summed E-state index contributed by atoms with van der Waals surface area (Å²) in [5, 5.41) is 15.2. The van der Waals surface area contributed by atoms with Crippen molar-refractivity contribution in [2.45, 2.75) is 6.92 Å². The highest BCUT2D eigenvalue weighted by Gasteiger charge is 2.03. The van der Waals surface area contributed by atoms with E-state index in [4.69, 9.17) is 5.26 Å². The molecule has 0 atom stereocenters. The van der Waals surface area contributed by atoms with E-state index in [0.717, 1.165) is 21.4 Å². The standard InChI is InChI=1S/C18H14BrN5/c1-12-10-15(6-7-16(12)19)23-18-21-9-8-17(24-18)22-14-4-2-13(11-20)3-5-14/h2-10H,1H3,(H2,21,22,23,24). The number of rotatable bonds is 4. The SMILES string of the molecule is Cc1cc(Nc2nccc(Nc3ccc(C#N)cc3)n2)ccc1Br. The van der Waals surface area contributed by atoms with E-state index in [-0.39, 0.29) is 0 Å². The number of halogens is 1. The molecule has 2 N–H and O–H groups in total. The van der Waals surface area contributed by atoms with Crippen LogP contribution >= 0.6 is 15.9 Å². The van der Waals surface area contributed by atoms with Crippen molar-refractivity contribution in [3.05, 3.63) is 70.3 Å². The molecule has 0 aliphatic rings. The molecule has 0 spiro atoms. The van der Waals surface area contributed by atoms with E-state index in [1.807, 2.05) is 37.3 Å². The maximum Gasteiger partial charge on any atom is 0.229 e. The Hall–Kier alpha value is -2.91. The Bertz CT molecular complexity index is 900. The van der Waals surface area contributed by atoms with E-state index in [1.165, 1.54) is 0 Å². The molecule has 118 valence electrons. The number of hydrogen-bond donors (Lipinski definition) is 2. The lowest BCUT2D eigenvalue weighted by Gasteiger charge is -2.09. The van der Waals surface area contributed by atoms with Gasteiger partial charge in [0.05, 0.1) is 11.6 Å². The molecule has 1 aromatic heterocycles. The average Bonchev–Trinajstić information content (AvgIpc) is 2.59. The second kappa shape index (κ2) is 7.11. The smallest absolute Gasteiger partial charge is 0.229 e. The van der Waals surface area contributed by atoms with Crippen LogP contribution in [0.25, 0.3) is 0 Å². The minimum atomic E-state index is 0.510. The predicted octanol–water partition coefficient (Wildman–Crippen LogP) is 4.91. The summed E-state index contributed by atoms with van der Waals surface area (Å²) < 4.78 is 1.06. The summed E-state index contributed by atoms with van der Waals surface area (Å²) in [5.74, 6) is 1.18. The molecule has 0 amide bonds. The van der Waals surface area contributed by atoms with Crippen molar-refractivity contribution in [2.75, 3.05) is 10.6 Å². The lowest BCUT2D eigenvalue weighted by atomic mass is 10.2. The zero-order chi connectivity index (χ0) is 16.9. The summed E-state index contributed by atoms with van der Waals surface area (Å²) in [5.41, 5.74) is 3.53. The van der Waals surface area contributed by atoms with E-state index in [9.17, 15) is 0 Å². The van der Waals surface area contributed by atoms with Crippen LogP contribution in [-0.4, -0.2) is 9.97 Å². The Kier molecular flexibility index (Phi) is 4.73. The van der Waals surface area contributed by atoms with Crippen LogP contribution in [0.15, 0.2) is 59.2 Å². The van der Waals surface area contributed by atoms with Gasteiger partial charge in [-0.3, -0.25) is 0 Å². The fourth-order valence-corrected chi connectivity index (χ4v) is 2.36. The summed E-state index contributed by atoms with van der Waals surface area (Å²) >= 11 is 3.48. The quantitative estimate of drug-likeness (QED) is 0.673. The molecule has 0 radical (unpaired) electrons. The van der Waals surface area contributed by atoms with Gasteiger partial charge in [-0.25, -0.2) is 4.98 Å². The highest BCUT2D eigenvalue weighted by molar-refractivity contribution is 9.10. The van der Waals surface area contributed by atoms with Crippen molar-refractivity contribution >= 4 is 39.1 Å². The number of nitriles is 1. The van der Waals surface area contributed by atoms with Crippen LogP contribution in [0, 0.1) is 18.3 Å². The maximum absolute atomic E-state index is 8.83. The molecule has 0 aliphatic heterocycles. The Balaban J connectivity index is 1.75. The minimum Gasteiger partial charge on any atom is -0.340 e. The third-order valence-electron chi connectivity index (χ3n) is 3.36. The first kappa shape index (κ1) is 16.0. The van der Waals surface area contributed by atoms with E-state index in [2.05, 4.69) is 42.6 Å². The first-order valence-corrected chi connectivity index (χ1v) is 8.07. The van der Waals surface area contributed by atoms with Gasteiger partial charge in [0.2, 0.25) is 5.95 Å². The van der Waals surface area contributed by atoms with Crippen LogP contribution in [0.1, 0.15) is 11.1 Å². The third kappa shape index (κ3) is 3.89. The summed E-state index contributed by atoms with van der Waals surface area (Å²) in [4.78, 5) is 8.69. The van der Waals surface area contributed by atoms with Gasteiger partial charge in [0.1, 0.15) is 5.82 Å². The topological polar surface area (TPSA) is 73.6 Å². The summed E-state index contributed by atoms with van der Waals surface area (Å²) in [6.45, 7) is 2.03. The van der Waals surface area contributed by atoms with E-state index < -0.39 is 0 Å². The first-order valence-electron chi connectivity index (χ1n) is 7.27. The van der Waals surface area contributed by atoms with Gasteiger partial charge in [0, 0.05) is 22.0 Å². The minimum absolute atomic E-state index is 0.510. The molecular formula is C18H14BrN5. The molecule has 0 aliphatic carbocycles. The molecule has 0 saturated carbocycles. The molecule has 24 heavy (non-hydrogen) atoms. The number of benzene rings is 2. The number of aromatic nitrogens is 2. The molecule has 5 nitrogen and oxygen atoms in total. The second-order valence-corrected chi connectivity index (χ2v) is 6.02. The Morgan fingerprint density at radius 1 is 1.00 bits per heavy atom. The molecule has 0 saturated heterocycles. The fraction of sp³-hybridized carbons (Fsp3) is 0.0556. The van der Waals surface area contributed by atoms with Gasteiger partial charge in [-0.1, -0.05) is 15.9 Å². The van der Waals surface area contributed by atoms with Crippen LogP contribution in [0.2, 0.25) is 0 Å². The second-order valence-electron chi connectivity index (χ2n) is 5.17. The zero-order valence-electron chi connectivity index (χ0n) is 12.9. The number of hydrogen-bond acceptors (Lipinski definition) is 5. The van der Waals surface area contributed by atoms with Gasteiger partial charge in [-0.15, -0.1) is 0 Å². The van der Waals surface area contributed by atoms with Crippen molar-refractivity contribution in [3.63, 3.8) is 0 Å². The number of aryl methyl sites for hydroxylation is 1. The first-order chi connectivity index (χ1) is 11.6. The van der Waals surface area contributed by atoms with Gasteiger partial charge in [0.15, 0.2) is 0 Å². The Morgan fingerprint density at radius 3 is 2.46 bits per heavy atom. The molecule has 3 aromatic rings. The van der Waals surface area contributed by atoms with Gasteiger partial charge in [-0.05, 0) is 61.0 Å².